The largest absolute Gasteiger partial charge is 0.0949 e. The molecule has 0 heteroatoms. The lowest BCUT2D eigenvalue weighted by atomic mass is 9.93. The quantitative estimate of drug-likeness (QED) is 0.184. The standard InChI is InChI=1S/C42H34/c1-29(21-31-9-7-15-35(23-31)41-25-37-11-3-4-12-38(37)26-41)33-17-19-34(20-18-33)30(2)22-32-10-8-16-36(24-32)42-27-39-13-5-6-14-40(39)28-42/h3-20,23-25,27H,1-2,21-22,26,28H2. The molecule has 42 heavy (non-hydrogen) atoms. The first-order valence-corrected chi connectivity index (χ1v) is 14.8. The van der Waals surface area contributed by atoms with E-state index in [2.05, 4.69) is 147 Å². The van der Waals surface area contributed by atoms with Crippen LogP contribution in [0.25, 0.3) is 34.4 Å². The van der Waals surface area contributed by atoms with E-state index in [1.807, 2.05) is 0 Å². The van der Waals surface area contributed by atoms with E-state index in [1.165, 1.54) is 66.8 Å². The summed E-state index contributed by atoms with van der Waals surface area (Å²) >= 11 is 0. The van der Waals surface area contributed by atoms with Crippen molar-refractivity contribution in [2.45, 2.75) is 25.7 Å². The Morgan fingerprint density at radius 1 is 0.476 bits per heavy atom. The van der Waals surface area contributed by atoms with Gasteiger partial charge in [-0.1, -0.05) is 147 Å². The van der Waals surface area contributed by atoms with Gasteiger partial charge in [-0.15, -0.1) is 0 Å². The normalized spacial score (nSPS) is 13.2. The minimum atomic E-state index is 0.834. The van der Waals surface area contributed by atoms with Gasteiger partial charge in [-0.2, -0.15) is 0 Å². The van der Waals surface area contributed by atoms with Gasteiger partial charge in [-0.25, -0.2) is 0 Å². The van der Waals surface area contributed by atoms with Crippen molar-refractivity contribution in [1.82, 2.24) is 0 Å². The number of fused-ring (bicyclic) bond motifs is 2. The van der Waals surface area contributed by atoms with Crippen LogP contribution in [0.1, 0.15) is 55.6 Å². The summed E-state index contributed by atoms with van der Waals surface area (Å²) < 4.78 is 0. The zero-order valence-corrected chi connectivity index (χ0v) is 23.9. The molecule has 0 aromatic heterocycles. The van der Waals surface area contributed by atoms with Crippen molar-refractivity contribution in [3.05, 3.63) is 190 Å². The lowest BCUT2D eigenvalue weighted by Gasteiger charge is -2.12. The second-order valence-corrected chi connectivity index (χ2v) is 11.6. The van der Waals surface area contributed by atoms with Crippen LogP contribution in [-0.4, -0.2) is 0 Å². The van der Waals surface area contributed by atoms with Gasteiger partial charge in [0.05, 0.1) is 0 Å². The SMILES string of the molecule is C=C(Cc1cccc(C2=Cc3ccccc3C2)c1)c1ccc(C(=C)Cc2cccc(C3=Cc4ccccc4C3)c2)cc1. The molecule has 0 spiro atoms. The fourth-order valence-corrected chi connectivity index (χ4v) is 6.33. The van der Waals surface area contributed by atoms with E-state index in [9.17, 15) is 0 Å². The maximum Gasteiger partial charge on any atom is -0.00137 e. The second-order valence-electron chi connectivity index (χ2n) is 11.6. The van der Waals surface area contributed by atoms with E-state index in [1.54, 1.807) is 0 Å². The van der Waals surface area contributed by atoms with E-state index in [4.69, 9.17) is 0 Å². The number of hydrogen-bond donors (Lipinski definition) is 0. The second kappa shape index (κ2) is 11.1. The molecule has 0 nitrogen and oxygen atoms in total. The van der Waals surface area contributed by atoms with Crippen molar-refractivity contribution in [2.24, 2.45) is 0 Å². The first-order chi connectivity index (χ1) is 20.6. The molecule has 5 aromatic carbocycles. The molecule has 0 amide bonds. The zero-order chi connectivity index (χ0) is 28.5. The van der Waals surface area contributed by atoms with E-state index < -0.39 is 0 Å². The number of rotatable bonds is 8. The third kappa shape index (κ3) is 5.37. The summed E-state index contributed by atoms with van der Waals surface area (Å²) in [6.45, 7) is 8.88. The van der Waals surface area contributed by atoms with E-state index in [-0.39, 0.29) is 0 Å². The lowest BCUT2D eigenvalue weighted by molar-refractivity contribution is 1.25. The Kier molecular flexibility index (Phi) is 6.90. The molecule has 2 aliphatic rings. The van der Waals surface area contributed by atoms with Crippen LogP contribution >= 0.6 is 0 Å². The third-order valence-electron chi connectivity index (χ3n) is 8.66. The van der Waals surface area contributed by atoms with Crippen LogP contribution in [0.15, 0.2) is 134 Å². The van der Waals surface area contributed by atoms with Crippen LogP contribution in [0, 0.1) is 0 Å². The van der Waals surface area contributed by atoms with Gasteiger partial charge in [0, 0.05) is 0 Å². The van der Waals surface area contributed by atoms with Crippen LogP contribution < -0.4 is 0 Å². The Morgan fingerprint density at radius 3 is 1.33 bits per heavy atom. The fourth-order valence-electron chi connectivity index (χ4n) is 6.33. The number of hydrogen-bond acceptors (Lipinski definition) is 0. The average Bonchev–Trinajstić information content (AvgIpc) is 3.66. The predicted octanol–water partition coefficient (Wildman–Crippen LogP) is 10.4. The van der Waals surface area contributed by atoms with Crippen LogP contribution in [-0.2, 0) is 25.7 Å². The highest BCUT2D eigenvalue weighted by Crippen LogP contribution is 2.34. The molecular weight excluding hydrogens is 504 g/mol. The molecular formula is C42H34. The maximum absolute atomic E-state index is 4.44. The Labute approximate surface area is 249 Å². The molecule has 0 saturated carbocycles. The molecule has 0 aliphatic heterocycles. The predicted molar refractivity (Wildman–Crippen MR) is 181 cm³/mol. The van der Waals surface area contributed by atoms with Gasteiger partial charge >= 0.3 is 0 Å². The summed E-state index contributed by atoms with van der Waals surface area (Å²) in [7, 11) is 0. The molecule has 0 fully saturated rings. The van der Waals surface area contributed by atoms with Crippen molar-refractivity contribution in [2.75, 3.05) is 0 Å². The van der Waals surface area contributed by atoms with Gasteiger partial charge in [-0.05, 0) is 104 Å². The molecule has 0 atom stereocenters. The summed E-state index contributed by atoms with van der Waals surface area (Å²) in [5, 5.41) is 0. The summed E-state index contributed by atoms with van der Waals surface area (Å²) in [5.41, 5.74) is 18.1. The molecule has 7 rings (SSSR count). The highest BCUT2D eigenvalue weighted by atomic mass is 14.2. The van der Waals surface area contributed by atoms with Crippen LogP contribution in [0.3, 0.4) is 0 Å². The highest BCUT2D eigenvalue weighted by Gasteiger charge is 2.15. The smallest absolute Gasteiger partial charge is 0.00137 e. The maximum atomic E-state index is 4.44. The van der Waals surface area contributed by atoms with Gasteiger partial charge in [-0.3, -0.25) is 0 Å². The summed E-state index contributed by atoms with van der Waals surface area (Å²) in [6, 6.07) is 44.0. The average molecular weight is 539 g/mol. The van der Waals surface area contributed by atoms with Gasteiger partial charge < -0.3 is 0 Å². The lowest BCUT2D eigenvalue weighted by Crippen LogP contribution is -1.94. The van der Waals surface area contributed by atoms with Crippen LogP contribution in [0.2, 0.25) is 0 Å². The molecule has 202 valence electrons. The van der Waals surface area contributed by atoms with Gasteiger partial charge in [0.1, 0.15) is 0 Å². The highest BCUT2D eigenvalue weighted by molar-refractivity contribution is 5.89. The van der Waals surface area contributed by atoms with Gasteiger partial charge in [0.2, 0.25) is 0 Å². The van der Waals surface area contributed by atoms with E-state index in [0.717, 1.165) is 36.8 Å². The number of benzene rings is 5. The van der Waals surface area contributed by atoms with Crippen LogP contribution in [0.4, 0.5) is 0 Å². The monoisotopic (exact) mass is 538 g/mol. The molecule has 0 bridgehead atoms. The zero-order valence-electron chi connectivity index (χ0n) is 23.9. The minimum Gasteiger partial charge on any atom is -0.0949 e. The number of allylic oxidation sites excluding steroid dienone is 4. The third-order valence-corrected chi connectivity index (χ3v) is 8.66. The Bertz CT molecular complexity index is 1750. The van der Waals surface area contributed by atoms with Gasteiger partial charge in [0.25, 0.3) is 0 Å². The van der Waals surface area contributed by atoms with Crippen molar-refractivity contribution in [3.63, 3.8) is 0 Å². The van der Waals surface area contributed by atoms with Crippen molar-refractivity contribution in [3.8, 4) is 0 Å². The Balaban J connectivity index is 0.996. The topological polar surface area (TPSA) is 0 Å². The molecule has 0 N–H and O–H groups in total. The fraction of sp³-hybridized carbons (Fsp3) is 0.0952. The van der Waals surface area contributed by atoms with E-state index >= 15 is 0 Å². The molecule has 2 aliphatic carbocycles. The Morgan fingerprint density at radius 2 is 0.905 bits per heavy atom. The summed E-state index contributed by atoms with van der Waals surface area (Å²) in [5.74, 6) is 0. The van der Waals surface area contributed by atoms with Crippen molar-refractivity contribution >= 4 is 34.4 Å². The Hall–Kier alpha value is -4.94. The summed E-state index contributed by atoms with van der Waals surface area (Å²) in [4.78, 5) is 0. The van der Waals surface area contributed by atoms with Crippen molar-refractivity contribution < 1.29 is 0 Å². The first kappa shape index (κ1) is 26.0. The van der Waals surface area contributed by atoms with E-state index in [0.29, 0.717) is 0 Å². The molecule has 0 saturated heterocycles. The van der Waals surface area contributed by atoms with Crippen molar-refractivity contribution in [1.29, 1.82) is 0 Å². The minimum absolute atomic E-state index is 0.834. The molecule has 0 heterocycles. The van der Waals surface area contributed by atoms with Crippen LogP contribution in [0.5, 0.6) is 0 Å². The molecule has 0 radical (unpaired) electrons. The molecule has 5 aromatic rings. The van der Waals surface area contributed by atoms with Gasteiger partial charge in [0.15, 0.2) is 0 Å². The molecule has 0 unspecified atom stereocenters. The first-order valence-electron chi connectivity index (χ1n) is 14.8. The summed E-state index contributed by atoms with van der Waals surface area (Å²) in [6.07, 6.45) is 8.33.